The minimum Gasteiger partial charge on any atom is -0.496 e. The second-order valence-corrected chi connectivity index (χ2v) is 9.00. The Kier molecular flexibility index (Phi) is 7.18. The number of hydrogen-bond acceptors (Lipinski definition) is 12. The molecule has 0 radical (unpaired) electrons. The van der Waals surface area contributed by atoms with Crippen molar-refractivity contribution in [1.29, 1.82) is 0 Å². The van der Waals surface area contributed by atoms with Crippen LogP contribution in [0.4, 0.5) is 11.5 Å². The van der Waals surface area contributed by atoms with E-state index in [0.29, 0.717) is 18.0 Å². The Morgan fingerprint density at radius 3 is 2.69 bits per heavy atom. The molecule has 1 amide bonds. The fourth-order valence-electron chi connectivity index (χ4n) is 4.30. The summed E-state index contributed by atoms with van der Waals surface area (Å²) >= 11 is 0. The van der Waals surface area contributed by atoms with Crippen molar-refractivity contribution < 1.29 is 14.2 Å². The number of benzene rings is 3. The average Bonchev–Trinajstić information content (AvgIpc) is 3.75. The number of hydrazone groups is 1. The normalized spacial score (nSPS) is 11.3. The number of amides is 1. The molecule has 4 N–H and O–H groups in total. The van der Waals surface area contributed by atoms with Crippen molar-refractivity contribution in [2.45, 2.75) is 13.1 Å². The molecule has 6 aromatic rings. The summed E-state index contributed by atoms with van der Waals surface area (Å²) in [5, 5.41) is 31.3. The number of anilines is 2. The maximum Gasteiger partial charge on any atom is 0.293 e. The lowest BCUT2D eigenvalue weighted by molar-refractivity contribution is 0.0949. The lowest BCUT2D eigenvalue weighted by Crippen LogP contribution is -2.21. The van der Waals surface area contributed by atoms with Crippen LogP contribution in [0.1, 0.15) is 27.3 Å². The highest BCUT2D eigenvalue weighted by molar-refractivity contribution is 5.94. The van der Waals surface area contributed by atoms with Crippen molar-refractivity contribution in [3.05, 3.63) is 95.3 Å². The van der Waals surface area contributed by atoms with E-state index in [9.17, 15) is 4.79 Å². The Morgan fingerprint density at radius 1 is 1.05 bits per heavy atom. The first-order valence-electron chi connectivity index (χ1n) is 12.7. The lowest BCUT2D eigenvalue weighted by atomic mass is 10.1. The number of carbonyl (C=O) groups is 1. The smallest absolute Gasteiger partial charge is 0.293 e. The molecule has 210 valence electrons. The van der Waals surface area contributed by atoms with Crippen molar-refractivity contribution >= 4 is 34.7 Å². The minimum absolute atomic E-state index is 0.0000375. The van der Waals surface area contributed by atoms with E-state index in [4.69, 9.17) is 15.1 Å². The first kappa shape index (κ1) is 26.1. The molecule has 0 saturated heterocycles. The monoisotopic (exact) mass is 564 g/mol. The molecule has 0 aliphatic carbocycles. The summed E-state index contributed by atoms with van der Waals surface area (Å²) in [5.41, 5.74) is 12.9. The van der Waals surface area contributed by atoms with E-state index < -0.39 is 5.91 Å². The lowest BCUT2D eigenvalue weighted by Gasteiger charge is -2.10. The van der Waals surface area contributed by atoms with Gasteiger partial charge in [-0.1, -0.05) is 40.8 Å². The Labute approximate surface area is 237 Å². The largest absolute Gasteiger partial charge is 0.496 e. The molecule has 0 aliphatic rings. The number of methoxy groups -OCH3 is 1. The van der Waals surface area contributed by atoms with Crippen molar-refractivity contribution in [3.63, 3.8) is 0 Å². The third-order valence-electron chi connectivity index (χ3n) is 6.33. The van der Waals surface area contributed by atoms with Crippen LogP contribution >= 0.6 is 0 Å². The predicted octanol–water partition coefficient (Wildman–Crippen LogP) is 2.41. The maximum atomic E-state index is 13.1. The summed E-state index contributed by atoms with van der Waals surface area (Å²) in [6.45, 7) is 0.604. The van der Waals surface area contributed by atoms with E-state index >= 15 is 0 Å². The zero-order valence-corrected chi connectivity index (χ0v) is 22.2. The van der Waals surface area contributed by atoms with E-state index in [1.807, 2.05) is 72.8 Å². The third-order valence-corrected chi connectivity index (χ3v) is 6.33. The molecule has 15 nitrogen and oxygen atoms in total. The Balaban J connectivity index is 1.21. The van der Waals surface area contributed by atoms with Gasteiger partial charge in [0.25, 0.3) is 5.91 Å². The summed E-state index contributed by atoms with van der Waals surface area (Å²) in [5.74, 6) is 0.214. The summed E-state index contributed by atoms with van der Waals surface area (Å²) in [4.78, 5) is 13.1. The van der Waals surface area contributed by atoms with Crippen LogP contribution in [-0.4, -0.2) is 59.5 Å². The average molecular weight is 565 g/mol. The van der Waals surface area contributed by atoms with Crippen molar-refractivity contribution in [2.24, 2.45) is 5.10 Å². The summed E-state index contributed by atoms with van der Waals surface area (Å²) in [6, 6.07) is 22.7. The summed E-state index contributed by atoms with van der Waals surface area (Å²) in [6.07, 6.45) is 1.52. The predicted molar refractivity (Wildman–Crippen MR) is 152 cm³/mol. The number of carbonyl (C=O) groups excluding carboxylic acids is 1. The van der Waals surface area contributed by atoms with E-state index in [2.05, 4.69) is 46.8 Å². The number of hydrogen-bond donors (Lipinski definition) is 3. The van der Waals surface area contributed by atoms with Gasteiger partial charge in [-0.25, -0.2) is 14.7 Å². The van der Waals surface area contributed by atoms with Crippen LogP contribution in [0.2, 0.25) is 0 Å². The zero-order chi connectivity index (χ0) is 28.9. The molecule has 42 heavy (non-hydrogen) atoms. The number of para-hydroxylation sites is 2. The molecule has 3 aromatic heterocycles. The Bertz CT molecular complexity index is 1880. The van der Waals surface area contributed by atoms with Gasteiger partial charge in [-0.3, -0.25) is 4.79 Å². The minimum atomic E-state index is -0.583. The molecular formula is C27H24N12O3. The van der Waals surface area contributed by atoms with Crippen LogP contribution in [0.25, 0.3) is 16.9 Å². The molecule has 0 bridgehead atoms. The highest BCUT2D eigenvalue weighted by Gasteiger charge is 2.23. The Hall–Kier alpha value is -6.12. The SMILES string of the molecule is COc1ccc(/C=N\NC(=O)c2nnn(-c3nonc3N)c2CNc2ccccc2)cc1Cn1nnc2ccccc21. The molecule has 0 unspecified atom stereocenters. The van der Waals surface area contributed by atoms with Crippen molar-refractivity contribution in [3.8, 4) is 11.6 Å². The zero-order valence-electron chi connectivity index (χ0n) is 22.2. The highest BCUT2D eigenvalue weighted by atomic mass is 16.6. The molecule has 0 aliphatic heterocycles. The van der Waals surface area contributed by atoms with Gasteiger partial charge in [0, 0.05) is 11.3 Å². The fourth-order valence-corrected chi connectivity index (χ4v) is 4.30. The second-order valence-electron chi connectivity index (χ2n) is 9.00. The quantitative estimate of drug-likeness (QED) is 0.164. The van der Waals surface area contributed by atoms with Crippen LogP contribution in [0.3, 0.4) is 0 Å². The van der Waals surface area contributed by atoms with E-state index in [0.717, 1.165) is 27.8 Å². The molecular weight excluding hydrogens is 540 g/mol. The molecule has 0 fully saturated rings. The second kappa shape index (κ2) is 11.5. The van der Waals surface area contributed by atoms with Gasteiger partial charge in [0.1, 0.15) is 11.3 Å². The number of ether oxygens (including phenoxy) is 1. The number of aromatic nitrogens is 8. The number of fused-ring (bicyclic) bond motifs is 1. The van der Waals surface area contributed by atoms with Gasteiger partial charge in [-0.15, -0.1) is 10.2 Å². The molecule has 3 aromatic carbocycles. The van der Waals surface area contributed by atoms with Gasteiger partial charge in [0.15, 0.2) is 5.69 Å². The number of nitrogens with one attached hydrogen (secondary N) is 2. The van der Waals surface area contributed by atoms with Gasteiger partial charge in [0.2, 0.25) is 11.6 Å². The highest BCUT2D eigenvalue weighted by Crippen LogP contribution is 2.22. The van der Waals surface area contributed by atoms with Crippen LogP contribution in [0.5, 0.6) is 5.75 Å². The summed E-state index contributed by atoms with van der Waals surface area (Å²) < 4.78 is 13.3. The van der Waals surface area contributed by atoms with Crippen LogP contribution in [-0.2, 0) is 13.1 Å². The van der Waals surface area contributed by atoms with Crippen molar-refractivity contribution in [1.82, 2.24) is 45.7 Å². The topological polar surface area (TPSA) is 189 Å². The van der Waals surface area contributed by atoms with E-state index in [1.54, 1.807) is 11.8 Å². The summed E-state index contributed by atoms with van der Waals surface area (Å²) in [7, 11) is 1.60. The first-order valence-corrected chi connectivity index (χ1v) is 12.7. The maximum absolute atomic E-state index is 13.1. The first-order chi connectivity index (χ1) is 20.6. The van der Waals surface area contributed by atoms with Crippen LogP contribution in [0.15, 0.2) is 82.5 Å². The molecule has 6 rings (SSSR count). The number of nitrogen functional groups attached to an aromatic ring is 1. The number of rotatable bonds is 10. The van der Waals surface area contributed by atoms with Crippen molar-refractivity contribution in [2.75, 3.05) is 18.2 Å². The van der Waals surface area contributed by atoms with Gasteiger partial charge < -0.3 is 15.8 Å². The van der Waals surface area contributed by atoms with Crippen LogP contribution < -0.4 is 21.2 Å². The Morgan fingerprint density at radius 2 is 1.88 bits per heavy atom. The molecule has 0 spiro atoms. The standard InChI is InChI=1S/C27H24N12O3/c1-41-23-12-11-17(13-18(23)16-38-21-10-6-5-9-20(21)31-36-38)14-30-33-27(40)24-22(15-29-19-7-3-2-4-8-19)39(37-32-24)26-25(28)34-42-35-26/h2-14,29H,15-16H2,1H3,(H2,28,34)(H,33,40)/b30-14-. The van der Waals surface area contributed by atoms with Gasteiger partial charge in [0.05, 0.1) is 37.6 Å². The molecule has 0 saturated carbocycles. The fraction of sp³-hybridized carbons (Fsp3) is 0.111. The molecule has 3 heterocycles. The van der Waals surface area contributed by atoms with Gasteiger partial charge in [-0.05, 0) is 58.3 Å². The van der Waals surface area contributed by atoms with Gasteiger partial charge >= 0.3 is 0 Å². The third kappa shape index (κ3) is 5.33. The number of nitrogens with zero attached hydrogens (tertiary/aromatic N) is 9. The van der Waals surface area contributed by atoms with E-state index in [1.165, 1.54) is 10.9 Å². The van der Waals surface area contributed by atoms with E-state index in [-0.39, 0.29) is 23.9 Å². The van der Waals surface area contributed by atoms with Gasteiger partial charge in [-0.2, -0.15) is 9.78 Å². The molecule has 15 heteroatoms. The molecule has 0 atom stereocenters. The number of nitrogens with two attached hydrogens (primary N) is 1. The van der Waals surface area contributed by atoms with Crippen LogP contribution in [0, 0.1) is 0 Å².